The minimum atomic E-state index is -0.393. The molecule has 15 aromatic carbocycles. The highest BCUT2D eigenvalue weighted by Crippen LogP contribution is 2.56. The van der Waals surface area contributed by atoms with E-state index in [1.165, 1.54) is 106 Å². The van der Waals surface area contributed by atoms with E-state index in [1.54, 1.807) is 0 Å². The van der Waals surface area contributed by atoms with E-state index in [4.69, 9.17) is 34.3 Å². The molecule has 0 saturated heterocycles. The van der Waals surface area contributed by atoms with Crippen molar-refractivity contribution < 1.29 is 4.42 Å². The van der Waals surface area contributed by atoms with Gasteiger partial charge in [0.2, 0.25) is 11.9 Å². The fourth-order valence-electron chi connectivity index (χ4n) is 21.1. The van der Waals surface area contributed by atoms with Crippen LogP contribution in [0.3, 0.4) is 0 Å². The molecule has 0 fully saturated rings. The smallest absolute Gasteiger partial charge is 0.238 e. The fourth-order valence-corrected chi connectivity index (χ4v) is 21.1. The largest absolute Gasteiger partial charge is 0.456 e. The summed E-state index contributed by atoms with van der Waals surface area (Å²) in [6, 6.07) is 113. The van der Waals surface area contributed by atoms with Crippen LogP contribution in [-0.2, 0) is 21.7 Å². The molecule has 25 rings (SSSR count). The van der Waals surface area contributed by atoms with Gasteiger partial charge in [-0.3, -0.25) is 9.13 Å². The first-order valence-electron chi connectivity index (χ1n) is 41.0. The van der Waals surface area contributed by atoms with Crippen LogP contribution in [-0.4, -0.2) is 43.6 Å². The first kappa shape index (κ1) is 66.9. The van der Waals surface area contributed by atoms with Gasteiger partial charge in [-0.2, -0.15) is 19.9 Å². The molecule has 0 amide bonds. The number of aromatic nitrogens is 9. The molecule has 0 unspecified atom stereocenters. The Bertz CT molecular complexity index is 8080. The van der Waals surface area contributed by atoms with Gasteiger partial charge in [0.05, 0.1) is 33.1 Å². The zero-order valence-corrected chi connectivity index (χ0v) is 66.4. The Morgan fingerprint density at radius 2 is 0.500 bits per heavy atom. The Kier molecular flexibility index (Phi) is 13.4. The van der Waals surface area contributed by atoms with Gasteiger partial charge in [0.25, 0.3) is 0 Å². The molecule has 0 bridgehead atoms. The van der Waals surface area contributed by atoms with Gasteiger partial charge in [-0.15, -0.1) is 0 Å². The molecule has 4 aliphatic rings. The van der Waals surface area contributed by atoms with Gasteiger partial charge in [0.1, 0.15) is 11.2 Å². The van der Waals surface area contributed by atoms with Crippen molar-refractivity contribution in [1.29, 1.82) is 0 Å². The third-order valence-corrected chi connectivity index (χ3v) is 27.2. The molecule has 558 valence electrons. The van der Waals surface area contributed by atoms with Gasteiger partial charge in [-0.25, -0.2) is 9.97 Å². The predicted octanol–water partition coefficient (Wildman–Crippen LogP) is 26.8. The molecule has 6 heterocycles. The Labute approximate surface area is 680 Å². The number of hydrogen-bond donors (Lipinski definition) is 0. The third kappa shape index (κ3) is 9.22. The van der Waals surface area contributed by atoms with Crippen LogP contribution in [0.2, 0.25) is 0 Å². The number of benzene rings is 15. The fraction of sp³-hybridized carbons (Fsp3) is 0.111. The van der Waals surface area contributed by atoms with Crippen LogP contribution in [0.4, 0.5) is 0 Å². The van der Waals surface area contributed by atoms with Crippen LogP contribution in [0, 0.1) is 0 Å². The van der Waals surface area contributed by atoms with E-state index >= 15 is 0 Å². The average molecular weight is 1510 g/mol. The molecule has 10 heteroatoms. The molecule has 10 nitrogen and oxygen atoms in total. The summed E-state index contributed by atoms with van der Waals surface area (Å²) >= 11 is 0. The molecular formula is C108H75N9O. The minimum Gasteiger partial charge on any atom is -0.456 e. The summed E-state index contributed by atoms with van der Waals surface area (Å²) in [7, 11) is 0. The minimum absolute atomic E-state index is 0.226. The highest BCUT2D eigenvalue weighted by Gasteiger charge is 2.41. The van der Waals surface area contributed by atoms with Gasteiger partial charge >= 0.3 is 0 Å². The van der Waals surface area contributed by atoms with Crippen molar-refractivity contribution >= 4 is 87.4 Å². The molecule has 118 heavy (non-hydrogen) atoms. The van der Waals surface area contributed by atoms with Gasteiger partial charge in [-0.05, 0) is 197 Å². The zero-order chi connectivity index (χ0) is 78.7. The second kappa shape index (κ2) is 23.6. The Hall–Kier alpha value is -14.5. The van der Waals surface area contributed by atoms with Gasteiger partial charge in [0.15, 0.2) is 23.3 Å². The maximum atomic E-state index is 6.53. The van der Waals surface area contributed by atoms with Crippen LogP contribution in [0.1, 0.15) is 99.9 Å². The molecule has 0 radical (unpaired) electrons. The zero-order valence-electron chi connectivity index (χ0n) is 66.4. The first-order chi connectivity index (χ1) is 57.5. The van der Waals surface area contributed by atoms with E-state index in [0.29, 0.717) is 35.2 Å². The normalized spacial score (nSPS) is 14.7. The number of nitrogens with zero attached hydrogens (tertiary/aromatic N) is 9. The lowest BCUT2D eigenvalue weighted by molar-refractivity contribution is 0.659. The van der Waals surface area contributed by atoms with E-state index in [2.05, 4.69) is 366 Å². The number of rotatable bonds is 8. The molecular weight excluding hydrogens is 1440 g/mol. The highest BCUT2D eigenvalue weighted by atomic mass is 16.3. The van der Waals surface area contributed by atoms with Crippen molar-refractivity contribution in [2.75, 3.05) is 0 Å². The molecule has 0 atom stereocenters. The van der Waals surface area contributed by atoms with Crippen LogP contribution in [0.15, 0.2) is 314 Å². The summed E-state index contributed by atoms with van der Waals surface area (Å²) in [5.74, 6) is 3.55. The summed E-state index contributed by atoms with van der Waals surface area (Å²) < 4.78 is 13.4. The highest BCUT2D eigenvalue weighted by molar-refractivity contribution is 6.20. The van der Waals surface area contributed by atoms with E-state index in [-0.39, 0.29) is 16.2 Å². The molecule has 0 spiro atoms. The lowest BCUT2D eigenvalue weighted by Crippen LogP contribution is -2.16. The lowest BCUT2D eigenvalue weighted by atomic mass is 9.80. The number of fused-ring (bicyclic) bond motifs is 24. The van der Waals surface area contributed by atoms with Gasteiger partial charge in [-0.1, -0.05) is 268 Å². The molecule has 0 aliphatic heterocycles. The second-order valence-electron chi connectivity index (χ2n) is 35.0. The van der Waals surface area contributed by atoms with E-state index in [1.807, 2.05) is 12.1 Å². The monoisotopic (exact) mass is 1510 g/mol. The maximum Gasteiger partial charge on any atom is 0.238 e. The lowest BCUT2D eigenvalue weighted by Gasteiger charge is -2.24. The molecule has 21 aromatic rings. The van der Waals surface area contributed by atoms with E-state index < -0.39 is 5.41 Å². The predicted molar refractivity (Wildman–Crippen MR) is 481 cm³/mol. The van der Waals surface area contributed by atoms with Crippen molar-refractivity contribution in [2.45, 2.75) is 77.0 Å². The van der Waals surface area contributed by atoms with Crippen LogP contribution >= 0.6 is 0 Å². The number of para-hydroxylation sites is 5. The summed E-state index contributed by atoms with van der Waals surface area (Å²) in [4.78, 5) is 33.5. The van der Waals surface area contributed by atoms with Crippen molar-refractivity contribution in [3.05, 3.63) is 354 Å². The summed E-state index contributed by atoms with van der Waals surface area (Å²) in [5.41, 5.74) is 34.1. The van der Waals surface area contributed by atoms with E-state index in [0.717, 1.165) is 110 Å². The molecule has 4 aliphatic carbocycles. The van der Waals surface area contributed by atoms with Crippen molar-refractivity contribution in [3.63, 3.8) is 0 Å². The summed E-state index contributed by atoms with van der Waals surface area (Å²) in [5, 5.41) is 8.84. The summed E-state index contributed by atoms with van der Waals surface area (Å²) in [6.45, 7) is 18.8. The Morgan fingerprint density at radius 3 is 0.915 bits per heavy atom. The average Bonchev–Trinajstić information content (AvgIpc) is 1.66. The van der Waals surface area contributed by atoms with Crippen molar-refractivity contribution in [3.8, 4) is 119 Å². The van der Waals surface area contributed by atoms with Crippen LogP contribution in [0.25, 0.3) is 206 Å². The Balaban J connectivity index is 0.588. The topological polar surface area (TPSA) is 105 Å². The Morgan fingerprint density at radius 1 is 0.203 bits per heavy atom. The van der Waals surface area contributed by atoms with Crippen LogP contribution < -0.4 is 0 Å². The number of hydrogen-bond acceptors (Lipinski definition) is 7. The quantitative estimate of drug-likeness (QED) is 0.149. The molecule has 0 N–H and O–H groups in total. The number of furan rings is 1. The first-order valence-corrected chi connectivity index (χ1v) is 41.0. The van der Waals surface area contributed by atoms with Gasteiger partial charge in [0, 0.05) is 92.7 Å². The maximum absolute atomic E-state index is 6.53. The summed E-state index contributed by atoms with van der Waals surface area (Å²) in [6.07, 6.45) is 0. The third-order valence-electron chi connectivity index (χ3n) is 27.2. The molecule has 0 saturated carbocycles. The van der Waals surface area contributed by atoms with Crippen LogP contribution in [0.5, 0.6) is 0 Å². The van der Waals surface area contributed by atoms with E-state index in [9.17, 15) is 0 Å². The standard InChI is InChI=1S/C108H75N9O/c1-105(2)83-32-18-12-26-67(83)69-46-40-62(52-87(69)105)99-109-101(112-103(111-99)116-92-35-21-15-29-76(92)80-56-94-79(57-95(80)116)75-28-14-20-34-91(75)115(94)66-24-10-9-11-25-66)64-42-48-73-71-44-38-60(50-85(71)107(5,6)89(73)54-64)61-39-45-72-74-49-43-65(55-90(74)108(7,8)86(72)51-61)102-110-100(63-41-47-70-68-27-13-19-33-84(68)106(3,4)88(70)53-63)113-104(114-102)117-93-36-22-16-30-77(93)81-59-98-82(58-96(81)117)78-31-17-23-37-97(78)118-98/h9-59H,1-8H3. The second-order valence-corrected chi connectivity index (χ2v) is 35.0. The molecule has 6 aromatic heterocycles. The van der Waals surface area contributed by atoms with Gasteiger partial charge < -0.3 is 8.98 Å². The van der Waals surface area contributed by atoms with Crippen molar-refractivity contribution in [2.24, 2.45) is 0 Å². The SMILES string of the molecule is CC1(C)c2ccccc2-c2ccc(-c3nc(-c4ccc5c(c4)C(C)(C)c4cc(-c6ccc7c(c6)C(C)(C)c6cc(-c8nc(-c9ccc%10c(c9)C(C)(C)c9ccccc9-%10)nc(-n9c%10ccccc%10c%10cc%11c(cc%109)c9ccccc9n%11-c9ccccc9)n8)ccc6-7)ccc4-5)nc(-n4c5ccccc5c5cc6oc7ccccc7c6cc54)n3)cc21. The van der Waals surface area contributed by atoms with Crippen molar-refractivity contribution in [1.82, 2.24) is 43.6 Å².